The van der Waals surface area contributed by atoms with Crippen LogP contribution in [-0.4, -0.2) is 16.3 Å². The standard InChI is InChI=1S/C16H23N3/c1-12-15(13(2)19(5)18-12)17-11-16(3,4)14-9-7-6-8-10-14/h6-10,17H,11H2,1-5H3. The van der Waals surface area contributed by atoms with Crippen LogP contribution in [0.2, 0.25) is 0 Å². The van der Waals surface area contributed by atoms with Crippen LogP contribution >= 0.6 is 0 Å². The molecule has 0 spiro atoms. The van der Waals surface area contributed by atoms with Crippen molar-refractivity contribution in [2.45, 2.75) is 33.1 Å². The minimum absolute atomic E-state index is 0.0932. The molecule has 0 radical (unpaired) electrons. The SMILES string of the molecule is Cc1nn(C)c(C)c1NCC(C)(C)c1ccccc1. The minimum Gasteiger partial charge on any atom is -0.381 e. The quantitative estimate of drug-likeness (QED) is 0.909. The number of hydrogen-bond donors (Lipinski definition) is 1. The van der Waals surface area contributed by atoms with Crippen LogP contribution in [0.25, 0.3) is 0 Å². The number of aromatic nitrogens is 2. The highest BCUT2D eigenvalue weighted by atomic mass is 15.3. The molecule has 0 amide bonds. The summed E-state index contributed by atoms with van der Waals surface area (Å²) >= 11 is 0. The zero-order valence-corrected chi connectivity index (χ0v) is 12.5. The molecule has 0 aliphatic rings. The molecule has 0 saturated carbocycles. The van der Waals surface area contributed by atoms with E-state index in [-0.39, 0.29) is 5.41 Å². The predicted octanol–water partition coefficient (Wildman–Crippen LogP) is 3.43. The maximum atomic E-state index is 4.44. The van der Waals surface area contributed by atoms with Crippen molar-refractivity contribution in [2.24, 2.45) is 7.05 Å². The van der Waals surface area contributed by atoms with Crippen LogP contribution in [0.4, 0.5) is 5.69 Å². The third-order valence-corrected chi connectivity index (χ3v) is 3.77. The van der Waals surface area contributed by atoms with Crippen molar-refractivity contribution in [2.75, 3.05) is 11.9 Å². The van der Waals surface area contributed by atoms with Crippen molar-refractivity contribution in [3.8, 4) is 0 Å². The number of aryl methyl sites for hydroxylation is 2. The van der Waals surface area contributed by atoms with E-state index < -0.39 is 0 Å². The van der Waals surface area contributed by atoms with E-state index in [1.165, 1.54) is 11.3 Å². The zero-order valence-electron chi connectivity index (χ0n) is 12.5. The van der Waals surface area contributed by atoms with Crippen LogP contribution < -0.4 is 5.32 Å². The maximum absolute atomic E-state index is 4.44. The van der Waals surface area contributed by atoms with Gasteiger partial charge in [-0.05, 0) is 19.4 Å². The molecule has 1 aromatic heterocycles. The Bertz CT molecular complexity index is 553. The number of hydrogen-bond acceptors (Lipinski definition) is 2. The molecule has 0 aliphatic carbocycles. The normalized spacial score (nSPS) is 11.6. The molecular weight excluding hydrogens is 234 g/mol. The first-order valence-corrected chi connectivity index (χ1v) is 6.71. The van der Waals surface area contributed by atoms with Crippen molar-refractivity contribution in [3.05, 3.63) is 47.3 Å². The molecule has 0 bridgehead atoms. The number of anilines is 1. The summed E-state index contributed by atoms with van der Waals surface area (Å²) in [6, 6.07) is 10.6. The van der Waals surface area contributed by atoms with Crippen molar-refractivity contribution >= 4 is 5.69 Å². The summed E-state index contributed by atoms with van der Waals surface area (Å²) in [5.41, 5.74) is 4.84. The second-order valence-electron chi connectivity index (χ2n) is 5.77. The minimum atomic E-state index is 0.0932. The van der Waals surface area contributed by atoms with Crippen LogP contribution in [0.3, 0.4) is 0 Å². The largest absolute Gasteiger partial charge is 0.381 e. The predicted molar refractivity (Wildman–Crippen MR) is 80.6 cm³/mol. The summed E-state index contributed by atoms with van der Waals surface area (Å²) < 4.78 is 1.92. The summed E-state index contributed by atoms with van der Waals surface area (Å²) in [4.78, 5) is 0. The van der Waals surface area contributed by atoms with Gasteiger partial charge in [-0.15, -0.1) is 0 Å². The van der Waals surface area contributed by atoms with Crippen LogP contribution in [0.5, 0.6) is 0 Å². The number of rotatable bonds is 4. The summed E-state index contributed by atoms with van der Waals surface area (Å²) in [5, 5.41) is 8.00. The van der Waals surface area contributed by atoms with Gasteiger partial charge in [-0.2, -0.15) is 5.10 Å². The Morgan fingerprint density at radius 3 is 2.32 bits per heavy atom. The highest BCUT2D eigenvalue weighted by Crippen LogP contribution is 2.25. The molecule has 19 heavy (non-hydrogen) atoms. The van der Waals surface area contributed by atoms with Gasteiger partial charge in [0.2, 0.25) is 0 Å². The van der Waals surface area contributed by atoms with E-state index in [1.807, 2.05) is 18.7 Å². The van der Waals surface area contributed by atoms with E-state index in [4.69, 9.17) is 0 Å². The highest BCUT2D eigenvalue weighted by Gasteiger charge is 2.21. The third-order valence-electron chi connectivity index (χ3n) is 3.77. The van der Waals surface area contributed by atoms with Gasteiger partial charge in [0.1, 0.15) is 0 Å². The van der Waals surface area contributed by atoms with Gasteiger partial charge < -0.3 is 5.32 Å². The lowest BCUT2D eigenvalue weighted by Gasteiger charge is -2.26. The number of benzene rings is 1. The summed E-state index contributed by atoms with van der Waals surface area (Å²) in [6.45, 7) is 9.56. The van der Waals surface area contributed by atoms with Gasteiger partial charge in [-0.1, -0.05) is 44.2 Å². The molecule has 1 heterocycles. The molecule has 2 rings (SSSR count). The summed E-state index contributed by atoms with van der Waals surface area (Å²) in [6.07, 6.45) is 0. The van der Waals surface area contributed by atoms with E-state index in [0.29, 0.717) is 0 Å². The van der Waals surface area contributed by atoms with Gasteiger partial charge in [-0.3, -0.25) is 4.68 Å². The number of nitrogens with one attached hydrogen (secondary N) is 1. The molecule has 1 aromatic carbocycles. The van der Waals surface area contributed by atoms with Gasteiger partial charge in [-0.25, -0.2) is 0 Å². The lowest BCUT2D eigenvalue weighted by Crippen LogP contribution is -2.27. The highest BCUT2D eigenvalue weighted by molar-refractivity contribution is 5.52. The lowest BCUT2D eigenvalue weighted by atomic mass is 9.84. The van der Waals surface area contributed by atoms with Gasteiger partial charge >= 0.3 is 0 Å². The van der Waals surface area contributed by atoms with Crippen molar-refractivity contribution in [1.29, 1.82) is 0 Å². The molecule has 2 aromatic rings. The van der Waals surface area contributed by atoms with Gasteiger partial charge in [0.05, 0.1) is 17.1 Å². The summed E-state index contributed by atoms with van der Waals surface area (Å²) in [5.74, 6) is 0. The van der Waals surface area contributed by atoms with E-state index in [2.05, 4.69) is 61.5 Å². The molecule has 0 unspecified atom stereocenters. The molecule has 1 N–H and O–H groups in total. The molecule has 0 aliphatic heterocycles. The van der Waals surface area contributed by atoms with Crippen LogP contribution in [0.15, 0.2) is 30.3 Å². The Labute approximate surface area is 115 Å². The van der Waals surface area contributed by atoms with Crippen LogP contribution in [0.1, 0.15) is 30.8 Å². The first-order valence-electron chi connectivity index (χ1n) is 6.71. The Balaban J connectivity index is 2.14. The molecule has 0 fully saturated rings. The Morgan fingerprint density at radius 1 is 1.16 bits per heavy atom. The lowest BCUT2D eigenvalue weighted by molar-refractivity contribution is 0.557. The zero-order chi connectivity index (χ0) is 14.0. The number of nitrogens with zero attached hydrogens (tertiary/aromatic N) is 2. The van der Waals surface area contributed by atoms with E-state index in [1.54, 1.807) is 0 Å². The van der Waals surface area contributed by atoms with Crippen molar-refractivity contribution in [1.82, 2.24) is 9.78 Å². The third kappa shape index (κ3) is 2.80. The fourth-order valence-electron chi connectivity index (χ4n) is 2.33. The Hall–Kier alpha value is -1.77. The van der Waals surface area contributed by atoms with Crippen molar-refractivity contribution in [3.63, 3.8) is 0 Å². The fraction of sp³-hybridized carbons (Fsp3) is 0.438. The average Bonchev–Trinajstić information content (AvgIpc) is 2.62. The van der Waals surface area contributed by atoms with Gasteiger partial charge in [0.25, 0.3) is 0 Å². The average molecular weight is 257 g/mol. The molecular formula is C16H23N3. The topological polar surface area (TPSA) is 29.9 Å². The Morgan fingerprint density at radius 2 is 1.79 bits per heavy atom. The van der Waals surface area contributed by atoms with Crippen LogP contribution in [0, 0.1) is 13.8 Å². The van der Waals surface area contributed by atoms with E-state index >= 15 is 0 Å². The first kappa shape index (κ1) is 13.7. The maximum Gasteiger partial charge on any atom is 0.0827 e. The molecule has 102 valence electrons. The molecule has 0 atom stereocenters. The van der Waals surface area contributed by atoms with E-state index in [9.17, 15) is 0 Å². The Kier molecular flexibility index (Phi) is 3.65. The second kappa shape index (κ2) is 5.08. The molecule has 0 saturated heterocycles. The monoisotopic (exact) mass is 257 g/mol. The second-order valence-corrected chi connectivity index (χ2v) is 5.77. The molecule has 3 nitrogen and oxygen atoms in total. The first-order chi connectivity index (χ1) is 8.92. The van der Waals surface area contributed by atoms with Gasteiger partial charge in [0, 0.05) is 19.0 Å². The summed E-state index contributed by atoms with van der Waals surface area (Å²) in [7, 11) is 1.98. The fourth-order valence-corrected chi connectivity index (χ4v) is 2.33. The van der Waals surface area contributed by atoms with Crippen LogP contribution in [-0.2, 0) is 12.5 Å². The molecule has 3 heteroatoms. The van der Waals surface area contributed by atoms with Gasteiger partial charge in [0.15, 0.2) is 0 Å². The van der Waals surface area contributed by atoms with E-state index in [0.717, 1.165) is 17.9 Å². The van der Waals surface area contributed by atoms with Crippen molar-refractivity contribution < 1.29 is 0 Å². The smallest absolute Gasteiger partial charge is 0.0827 e.